The highest BCUT2D eigenvalue weighted by atomic mass is 16.3. The molecule has 0 aliphatic heterocycles. The molecule has 0 amide bonds. The van der Waals surface area contributed by atoms with Gasteiger partial charge in [-0.1, -0.05) is 0 Å². The van der Waals surface area contributed by atoms with Crippen LogP contribution in [-0.4, -0.2) is 23.8 Å². The summed E-state index contributed by atoms with van der Waals surface area (Å²) >= 11 is 0. The van der Waals surface area contributed by atoms with Crippen LogP contribution in [0.3, 0.4) is 0 Å². The second-order valence-corrected chi connectivity index (χ2v) is 3.90. The van der Waals surface area contributed by atoms with E-state index in [1.54, 1.807) is 0 Å². The molecule has 3 nitrogen and oxygen atoms in total. The average molecular weight is 184 g/mol. The molecule has 0 radical (unpaired) electrons. The maximum Gasteiger partial charge on any atom is 0.0621 e. The Bertz CT molecular complexity index is 161. The van der Waals surface area contributed by atoms with E-state index in [1.165, 1.54) is 0 Å². The van der Waals surface area contributed by atoms with Gasteiger partial charge in [0.2, 0.25) is 0 Å². The Hall–Kier alpha value is -0.590. The first kappa shape index (κ1) is 12.4. The fourth-order valence-electron chi connectivity index (χ4n) is 1.12. The average Bonchev–Trinajstić information content (AvgIpc) is 2.04. The highest BCUT2D eigenvalue weighted by Gasteiger charge is 2.14. The van der Waals surface area contributed by atoms with E-state index >= 15 is 0 Å². The zero-order valence-electron chi connectivity index (χ0n) is 8.64. The van der Waals surface area contributed by atoms with Crippen LogP contribution in [0.1, 0.15) is 39.5 Å². The number of aliphatic hydroxyl groups excluding tert-OH is 1. The molecule has 0 bridgehead atoms. The molecule has 0 saturated heterocycles. The summed E-state index contributed by atoms with van der Waals surface area (Å²) in [6, 6.07) is 2.12. The van der Waals surface area contributed by atoms with Crippen LogP contribution in [-0.2, 0) is 0 Å². The molecule has 0 atom stereocenters. The van der Waals surface area contributed by atoms with Gasteiger partial charge in [-0.15, -0.1) is 0 Å². The van der Waals surface area contributed by atoms with Gasteiger partial charge in [0.15, 0.2) is 0 Å². The molecular weight excluding hydrogens is 164 g/mol. The van der Waals surface area contributed by atoms with Crippen molar-refractivity contribution in [2.45, 2.75) is 45.1 Å². The van der Waals surface area contributed by atoms with E-state index in [9.17, 15) is 0 Å². The zero-order valence-corrected chi connectivity index (χ0v) is 8.64. The van der Waals surface area contributed by atoms with Crippen molar-refractivity contribution in [2.24, 2.45) is 0 Å². The van der Waals surface area contributed by atoms with Crippen LogP contribution >= 0.6 is 0 Å². The first-order chi connectivity index (χ1) is 6.12. The largest absolute Gasteiger partial charge is 0.396 e. The quantitative estimate of drug-likeness (QED) is 0.588. The molecule has 3 heteroatoms. The summed E-state index contributed by atoms with van der Waals surface area (Å²) < 4.78 is 0. The molecule has 0 spiro atoms. The number of nitrogens with zero attached hydrogens (tertiary/aromatic N) is 1. The van der Waals surface area contributed by atoms with E-state index in [0.717, 1.165) is 25.8 Å². The van der Waals surface area contributed by atoms with Crippen LogP contribution in [0, 0.1) is 11.3 Å². The molecule has 0 unspecified atom stereocenters. The summed E-state index contributed by atoms with van der Waals surface area (Å²) in [7, 11) is 0. The second-order valence-electron chi connectivity index (χ2n) is 3.90. The Morgan fingerprint density at radius 3 is 2.62 bits per heavy atom. The zero-order chi connectivity index (χ0) is 10.2. The first-order valence-corrected chi connectivity index (χ1v) is 4.85. The molecule has 13 heavy (non-hydrogen) atoms. The van der Waals surface area contributed by atoms with Crippen molar-refractivity contribution in [1.29, 1.82) is 5.26 Å². The molecule has 0 aromatic heterocycles. The highest BCUT2D eigenvalue weighted by molar-refractivity contribution is 4.77. The van der Waals surface area contributed by atoms with Crippen LogP contribution < -0.4 is 5.32 Å². The summed E-state index contributed by atoms with van der Waals surface area (Å²) in [4.78, 5) is 0. The van der Waals surface area contributed by atoms with Crippen LogP contribution in [0.4, 0.5) is 0 Å². The van der Waals surface area contributed by atoms with E-state index in [1.807, 2.05) is 0 Å². The van der Waals surface area contributed by atoms with Gasteiger partial charge in [-0.3, -0.25) is 0 Å². The third-order valence-corrected chi connectivity index (χ3v) is 2.06. The van der Waals surface area contributed by atoms with Gasteiger partial charge < -0.3 is 10.4 Å². The lowest BCUT2D eigenvalue weighted by atomic mass is 10.0. The van der Waals surface area contributed by atoms with Gasteiger partial charge in [-0.05, 0) is 39.7 Å². The van der Waals surface area contributed by atoms with Crippen LogP contribution in [0.15, 0.2) is 0 Å². The predicted molar refractivity (Wildman–Crippen MR) is 53.2 cm³/mol. The van der Waals surface area contributed by atoms with Crippen LogP contribution in [0.5, 0.6) is 0 Å². The Kier molecular flexibility index (Phi) is 6.56. The van der Waals surface area contributed by atoms with Crippen LogP contribution in [0.25, 0.3) is 0 Å². The van der Waals surface area contributed by atoms with Crippen molar-refractivity contribution in [2.75, 3.05) is 13.2 Å². The van der Waals surface area contributed by atoms with Crippen LogP contribution in [0.2, 0.25) is 0 Å². The van der Waals surface area contributed by atoms with Gasteiger partial charge in [0.05, 0.1) is 6.07 Å². The van der Waals surface area contributed by atoms with Gasteiger partial charge in [0.1, 0.15) is 0 Å². The van der Waals surface area contributed by atoms with E-state index in [-0.39, 0.29) is 12.1 Å². The highest BCUT2D eigenvalue weighted by Crippen LogP contribution is 2.07. The molecule has 0 aromatic rings. The van der Waals surface area contributed by atoms with E-state index in [4.69, 9.17) is 10.4 Å². The number of hydrogen-bond acceptors (Lipinski definition) is 3. The first-order valence-electron chi connectivity index (χ1n) is 4.85. The minimum Gasteiger partial charge on any atom is -0.396 e. The summed E-state index contributed by atoms with van der Waals surface area (Å²) in [5.41, 5.74) is 0.0153. The van der Waals surface area contributed by atoms with Crippen molar-refractivity contribution in [3.05, 3.63) is 0 Å². The topological polar surface area (TPSA) is 56.0 Å². The number of aliphatic hydroxyl groups is 1. The summed E-state index contributed by atoms with van der Waals surface area (Å²) in [6.45, 7) is 5.30. The summed E-state index contributed by atoms with van der Waals surface area (Å²) in [5.74, 6) is 0. The van der Waals surface area contributed by atoms with Crippen molar-refractivity contribution in [3.63, 3.8) is 0 Å². The summed E-state index contributed by atoms with van der Waals surface area (Å²) in [6.07, 6.45) is 3.40. The van der Waals surface area contributed by atoms with Crippen molar-refractivity contribution >= 4 is 0 Å². The van der Waals surface area contributed by atoms with Crippen molar-refractivity contribution in [1.82, 2.24) is 5.32 Å². The maximum absolute atomic E-state index is 8.76. The molecule has 0 aromatic carbocycles. The predicted octanol–water partition coefficient (Wildman–Crippen LogP) is 1.43. The third kappa shape index (κ3) is 7.76. The molecule has 0 heterocycles. The van der Waals surface area contributed by atoms with E-state index < -0.39 is 0 Å². The second kappa shape index (κ2) is 6.88. The molecule has 0 fully saturated rings. The Morgan fingerprint density at radius 2 is 2.08 bits per heavy atom. The fourth-order valence-corrected chi connectivity index (χ4v) is 1.12. The van der Waals surface area contributed by atoms with Crippen molar-refractivity contribution in [3.8, 4) is 6.07 Å². The molecule has 0 aliphatic carbocycles. The van der Waals surface area contributed by atoms with Gasteiger partial charge in [0.25, 0.3) is 0 Å². The molecule has 76 valence electrons. The lowest BCUT2D eigenvalue weighted by Gasteiger charge is -2.25. The monoisotopic (exact) mass is 184 g/mol. The Balaban J connectivity index is 3.36. The molecule has 0 saturated carbocycles. The summed E-state index contributed by atoms with van der Waals surface area (Å²) in [5, 5.41) is 20.4. The number of hydrogen-bond donors (Lipinski definition) is 2. The van der Waals surface area contributed by atoms with E-state index in [0.29, 0.717) is 6.42 Å². The standard InChI is InChI=1S/C10H20N2O/c1-10(2,6-9-13)12-8-5-3-4-7-11/h12-13H,3-6,8-9H2,1-2H3. The lowest BCUT2D eigenvalue weighted by Crippen LogP contribution is -2.40. The SMILES string of the molecule is CC(C)(CCO)NCCCCC#N. The number of rotatable bonds is 7. The Morgan fingerprint density at radius 1 is 1.38 bits per heavy atom. The minimum atomic E-state index is 0.0153. The van der Waals surface area contributed by atoms with Gasteiger partial charge >= 0.3 is 0 Å². The number of nitrogens with one attached hydrogen (secondary N) is 1. The van der Waals surface area contributed by atoms with Crippen molar-refractivity contribution < 1.29 is 5.11 Å². The molecular formula is C10H20N2O. The van der Waals surface area contributed by atoms with Gasteiger partial charge in [-0.2, -0.15) is 5.26 Å². The third-order valence-electron chi connectivity index (χ3n) is 2.06. The van der Waals surface area contributed by atoms with E-state index in [2.05, 4.69) is 25.2 Å². The maximum atomic E-state index is 8.76. The normalized spacial score (nSPS) is 11.2. The molecule has 0 rings (SSSR count). The van der Waals surface area contributed by atoms with Gasteiger partial charge in [-0.25, -0.2) is 0 Å². The fraction of sp³-hybridized carbons (Fsp3) is 0.900. The molecule has 2 N–H and O–H groups in total. The Labute approximate surface area is 80.8 Å². The lowest BCUT2D eigenvalue weighted by molar-refractivity contribution is 0.230. The minimum absolute atomic E-state index is 0.0153. The smallest absolute Gasteiger partial charge is 0.0621 e. The number of nitriles is 1. The molecule has 0 aliphatic rings. The number of unbranched alkanes of at least 4 members (excludes halogenated alkanes) is 2. The van der Waals surface area contributed by atoms with Gasteiger partial charge in [0, 0.05) is 18.6 Å².